The van der Waals surface area contributed by atoms with Gasteiger partial charge in [0, 0.05) is 25.0 Å². The lowest BCUT2D eigenvalue weighted by molar-refractivity contribution is 0.0692. The van der Waals surface area contributed by atoms with Crippen molar-refractivity contribution in [2.45, 2.75) is 31.8 Å². The van der Waals surface area contributed by atoms with Crippen LogP contribution < -0.4 is 5.32 Å². The number of aryl methyl sites for hydroxylation is 1. The molecule has 1 saturated heterocycles. The second kappa shape index (κ2) is 7.44. The van der Waals surface area contributed by atoms with Gasteiger partial charge in [-0.15, -0.1) is 0 Å². The normalized spacial score (nSPS) is 22.3. The van der Waals surface area contributed by atoms with Crippen molar-refractivity contribution in [3.8, 4) is 11.4 Å². The molecule has 1 amide bonds. The fourth-order valence-corrected chi connectivity index (χ4v) is 4.58. The van der Waals surface area contributed by atoms with Gasteiger partial charge in [0.05, 0.1) is 35.3 Å². The first kappa shape index (κ1) is 18.6. The summed E-state index contributed by atoms with van der Waals surface area (Å²) in [4.78, 5) is 32.3. The van der Waals surface area contributed by atoms with Crippen LogP contribution in [0.1, 0.15) is 28.9 Å². The number of rotatable bonds is 4. The fourth-order valence-electron chi connectivity index (χ4n) is 4.58. The molecule has 1 aliphatic carbocycles. The Morgan fingerprint density at radius 1 is 1.10 bits per heavy atom. The number of carbonyl (C=O) groups excluding carboxylic acids is 1. The number of hydrogen-bond acceptors (Lipinski definition) is 6. The largest absolute Gasteiger partial charge is 0.364 e. The number of fused-ring (bicyclic) bond motifs is 2. The number of nitrogens with zero attached hydrogens (tertiary/aromatic N) is 5. The van der Waals surface area contributed by atoms with Crippen LogP contribution in [0.4, 0.5) is 10.2 Å². The molecule has 0 unspecified atom stereocenters. The molecule has 152 valence electrons. The molecule has 30 heavy (non-hydrogen) atoms. The minimum atomic E-state index is -0.499. The third-order valence-electron chi connectivity index (χ3n) is 5.89. The highest BCUT2D eigenvalue weighted by Gasteiger charge is 2.47. The average molecular weight is 404 g/mol. The van der Waals surface area contributed by atoms with Crippen molar-refractivity contribution in [3.63, 3.8) is 0 Å². The van der Waals surface area contributed by atoms with Gasteiger partial charge < -0.3 is 10.2 Å². The van der Waals surface area contributed by atoms with Gasteiger partial charge in [0.15, 0.2) is 5.82 Å². The molecule has 2 aromatic heterocycles. The molecule has 2 bridgehead atoms. The zero-order valence-electron chi connectivity index (χ0n) is 16.5. The smallest absolute Gasteiger partial charge is 0.255 e. The molecule has 5 rings (SSSR count). The van der Waals surface area contributed by atoms with Crippen LogP contribution in [0.3, 0.4) is 0 Å². The average Bonchev–Trinajstić information content (AvgIpc) is 3.36. The Morgan fingerprint density at radius 3 is 2.67 bits per heavy atom. The summed E-state index contributed by atoms with van der Waals surface area (Å²) in [5, 5.41) is 3.43. The summed E-state index contributed by atoms with van der Waals surface area (Å²) >= 11 is 0. The van der Waals surface area contributed by atoms with Crippen molar-refractivity contribution in [2.24, 2.45) is 5.92 Å². The SMILES string of the molecule is Cc1cnc(N[C@@H]2C[C@@H]3C[C@@H]2N(C(=O)c2cccc(F)c2-c2ncccn2)C3)cn1. The van der Waals surface area contributed by atoms with E-state index in [1.54, 1.807) is 43.0 Å². The van der Waals surface area contributed by atoms with E-state index in [1.165, 1.54) is 6.07 Å². The van der Waals surface area contributed by atoms with E-state index in [1.807, 2.05) is 11.8 Å². The summed E-state index contributed by atoms with van der Waals surface area (Å²) in [5.41, 5.74) is 1.30. The van der Waals surface area contributed by atoms with Crippen LogP contribution in [-0.2, 0) is 0 Å². The number of benzene rings is 1. The lowest BCUT2D eigenvalue weighted by atomic mass is 10.0. The van der Waals surface area contributed by atoms with E-state index < -0.39 is 5.82 Å². The molecule has 0 spiro atoms. The predicted octanol–water partition coefficient (Wildman–Crippen LogP) is 3.10. The summed E-state index contributed by atoms with van der Waals surface area (Å²) < 4.78 is 14.7. The minimum Gasteiger partial charge on any atom is -0.364 e. The van der Waals surface area contributed by atoms with E-state index in [4.69, 9.17) is 0 Å². The highest BCUT2D eigenvalue weighted by molar-refractivity contribution is 6.00. The Kier molecular flexibility index (Phi) is 4.61. The summed E-state index contributed by atoms with van der Waals surface area (Å²) in [6.07, 6.45) is 8.42. The number of aromatic nitrogens is 4. The monoisotopic (exact) mass is 404 g/mol. The quantitative estimate of drug-likeness (QED) is 0.719. The van der Waals surface area contributed by atoms with Gasteiger partial charge in [-0.05, 0) is 43.9 Å². The van der Waals surface area contributed by atoms with Crippen molar-refractivity contribution in [2.75, 3.05) is 11.9 Å². The van der Waals surface area contributed by atoms with Gasteiger partial charge >= 0.3 is 0 Å². The summed E-state index contributed by atoms with van der Waals surface area (Å²) in [6.45, 7) is 2.56. The summed E-state index contributed by atoms with van der Waals surface area (Å²) in [5.74, 6) is 0.648. The highest BCUT2D eigenvalue weighted by Crippen LogP contribution is 2.40. The van der Waals surface area contributed by atoms with E-state index in [-0.39, 0.29) is 29.4 Å². The van der Waals surface area contributed by atoms with E-state index >= 15 is 0 Å². The maximum Gasteiger partial charge on any atom is 0.255 e. The van der Waals surface area contributed by atoms with Gasteiger partial charge in [0.1, 0.15) is 11.6 Å². The third kappa shape index (κ3) is 3.28. The van der Waals surface area contributed by atoms with Crippen molar-refractivity contribution in [1.82, 2.24) is 24.8 Å². The van der Waals surface area contributed by atoms with Gasteiger partial charge in [-0.2, -0.15) is 0 Å². The van der Waals surface area contributed by atoms with Crippen molar-refractivity contribution in [1.29, 1.82) is 0 Å². The number of amides is 1. The zero-order valence-corrected chi connectivity index (χ0v) is 16.5. The van der Waals surface area contributed by atoms with Gasteiger partial charge in [0.2, 0.25) is 0 Å². The molecule has 3 aromatic rings. The molecule has 7 nitrogen and oxygen atoms in total. The number of anilines is 1. The van der Waals surface area contributed by atoms with Crippen LogP contribution in [0.25, 0.3) is 11.4 Å². The molecule has 1 aliphatic heterocycles. The van der Waals surface area contributed by atoms with Gasteiger partial charge in [-0.1, -0.05) is 6.07 Å². The van der Waals surface area contributed by atoms with E-state index in [9.17, 15) is 9.18 Å². The van der Waals surface area contributed by atoms with Crippen LogP contribution in [0, 0.1) is 18.7 Å². The van der Waals surface area contributed by atoms with Crippen LogP contribution in [0.5, 0.6) is 0 Å². The first-order chi connectivity index (χ1) is 14.6. The topological polar surface area (TPSA) is 83.9 Å². The fraction of sp³-hybridized carbons (Fsp3) is 0.318. The number of hydrogen-bond donors (Lipinski definition) is 1. The molecule has 2 aliphatic rings. The summed E-state index contributed by atoms with van der Waals surface area (Å²) in [6, 6.07) is 6.32. The van der Waals surface area contributed by atoms with Crippen molar-refractivity contribution < 1.29 is 9.18 Å². The van der Waals surface area contributed by atoms with Gasteiger partial charge in [-0.25, -0.2) is 19.3 Å². The number of nitrogens with one attached hydrogen (secondary N) is 1. The van der Waals surface area contributed by atoms with Crippen LogP contribution in [0.15, 0.2) is 49.1 Å². The number of likely N-dealkylation sites (tertiary alicyclic amines) is 1. The standard InChI is InChI=1S/C22H21FN6O/c1-13-10-27-19(11-26-13)28-17-8-14-9-18(17)29(12-14)22(30)15-4-2-5-16(23)20(15)21-24-6-3-7-25-21/h2-7,10-11,14,17-18H,8-9,12H2,1H3,(H,27,28)/t14-,17-,18+/m1/s1. The first-order valence-electron chi connectivity index (χ1n) is 10.0. The van der Waals surface area contributed by atoms with Gasteiger partial charge in [0.25, 0.3) is 5.91 Å². The Labute approximate surface area is 173 Å². The lowest BCUT2D eigenvalue weighted by Crippen LogP contribution is -2.48. The maximum atomic E-state index is 14.7. The Morgan fingerprint density at radius 2 is 1.93 bits per heavy atom. The number of carbonyl (C=O) groups is 1. The van der Waals surface area contributed by atoms with Gasteiger partial charge in [-0.3, -0.25) is 9.78 Å². The van der Waals surface area contributed by atoms with E-state index in [2.05, 4.69) is 25.3 Å². The molecule has 1 saturated carbocycles. The second-order valence-corrected chi connectivity index (χ2v) is 7.89. The number of halogens is 1. The van der Waals surface area contributed by atoms with Crippen LogP contribution in [0.2, 0.25) is 0 Å². The highest BCUT2D eigenvalue weighted by atomic mass is 19.1. The molecule has 3 atom stereocenters. The molecule has 2 fully saturated rings. The second-order valence-electron chi connectivity index (χ2n) is 7.89. The first-order valence-corrected chi connectivity index (χ1v) is 10.0. The Bertz CT molecular complexity index is 1070. The number of piperidine rings is 1. The van der Waals surface area contributed by atoms with E-state index in [0.717, 1.165) is 18.5 Å². The Hall–Kier alpha value is -3.42. The molecular weight excluding hydrogens is 383 g/mol. The molecule has 3 heterocycles. The molecule has 0 radical (unpaired) electrons. The van der Waals surface area contributed by atoms with Crippen LogP contribution >= 0.6 is 0 Å². The predicted molar refractivity (Wildman–Crippen MR) is 109 cm³/mol. The minimum absolute atomic E-state index is 0.0263. The van der Waals surface area contributed by atoms with E-state index in [0.29, 0.717) is 23.8 Å². The summed E-state index contributed by atoms with van der Waals surface area (Å²) in [7, 11) is 0. The molecule has 8 heteroatoms. The molecule has 1 N–H and O–H groups in total. The Balaban J connectivity index is 1.42. The molecular formula is C22H21FN6O. The van der Waals surface area contributed by atoms with Crippen molar-refractivity contribution >= 4 is 11.7 Å². The lowest BCUT2D eigenvalue weighted by Gasteiger charge is -2.34. The molecule has 1 aromatic carbocycles. The zero-order chi connectivity index (χ0) is 20.7. The van der Waals surface area contributed by atoms with Crippen molar-refractivity contribution in [3.05, 3.63) is 66.1 Å². The van der Waals surface area contributed by atoms with Crippen LogP contribution in [-0.4, -0.2) is 49.4 Å². The maximum absolute atomic E-state index is 14.7. The third-order valence-corrected chi connectivity index (χ3v) is 5.89.